The van der Waals surface area contributed by atoms with Crippen LogP contribution in [0.25, 0.3) is 0 Å². The molecule has 82 valence electrons. The Balaban J connectivity index is 3.13. The number of nitro benzene ring substituents is 1. The van der Waals surface area contributed by atoms with Crippen LogP contribution in [0.1, 0.15) is 0 Å². The Labute approximate surface area is 99.6 Å². The van der Waals surface area contributed by atoms with Crippen LogP contribution in [0.15, 0.2) is 21.1 Å². The van der Waals surface area contributed by atoms with Crippen LogP contribution in [0.2, 0.25) is 0 Å². The summed E-state index contributed by atoms with van der Waals surface area (Å²) in [5, 5.41) is 10.5. The molecule has 4 nitrogen and oxygen atoms in total. The first-order valence-corrected chi connectivity index (χ1v) is 5.08. The van der Waals surface area contributed by atoms with E-state index in [0.29, 0.717) is 0 Å². The van der Waals surface area contributed by atoms with Crippen LogP contribution < -0.4 is 4.74 Å². The van der Waals surface area contributed by atoms with E-state index in [2.05, 4.69) is 36.6 Å². The predicted octanol–water partition coefficient (Wildman–Crippen LogP) is 3.72. The van der Waals surface area contributed by atoms with Crippen molar-refractivity contribution >= 4 is 37.5 Å². The van der Waals surface area contributed by atoms with Gasteiger partial charge in [0, 0.05) is 12.1 Å². The molecule has 0 unspecified atom stereocenters. The summed E-state index contributed by atoms with van der Waals surface area (Å²) in [6.07, 6.45) is 0. The maximum atomic E-state index is 11.9. The van der Waals surface area contributed by atoms with Crippen molar-refractivity contribution in [1.82, 2.24) is 0 Å². The molecule has 1 aromatic rings. The number of alkyl halides is 2. The van der Waals surface area contributed by atoms with Crippen molar-refractivity contribution < 1.29 is 18.4 Å². The SMILES string of the molecule is O=[N+]([O-])c1cc(Br)c(OC(F)F)cc1Br. The van der Waals surface area contributed by atoms with Crippen molar-refractivity contribution in [2.75, 3.05) is 0 Å². The van der Waals surface area contributed by atoms with E-state index in [1.165, 1.54) is 0 Å². The molecule has 0 radical (unpaired) electrons. The Morgan fingerprint density at radius 2 is 1.93 bits per heavy atom. The average molecular weight is 347 g/mol. The van der Waals surface area contributed by atoms with E-state index in [-0.39, 0.29) is 20.4 Å². The highest BCUT2D eigenvalue weighted by molar-refractivity contribution is 9.11. The maximum absolute atomic E-state index is 11.9. The van der Waals surface area contributed by atoms with Gasteiger partial charge in [0.05, 0.1) is 13.9 Å². The first-order valence-electron chi connectivity index (χ1n) is 3.50. The largest absolute Gasteiger partial charge is 0.434 e. The van der Waals surface area contributed by atoms with E-state index in [4.69, 9.17) is 0 Å². The zero-order valence-electron chi connectivity index (χ0n) is 6.92. The molecule has 0 saturated carbocycles. The molecule has 15 heavy (non-hydrogen) atoms. The number of nitrogens with zero attached hydrogens (tertiary/aromatic N) is 1. The van der Waals surface area contributed by atoms with Crippen molar-refractivity contribution in [3.63, 3.8) is 0 Å². The fraction of sp³-hybridized carbons (Fsp3) is 0.143. The molecule has 1 aromatic carbocycles. The first kappa shape index (κ1) is 12.3. The Morgan fingerprint density at radius 3 is 2.40 bits per heavy atom. The lowest BCUT2D eigenvalue weighted by molar-refractivity contribution is -0.385. The van der Waals surface area contributed by atoms with Crippen LogP contribution in [0.4, 0.5) is 14.5 Å². The van der Waals surface area contributed by atoms with Gasteiger partial charge in [-0.2, -0.15) is 8.78 Å². The third kappa shape index (κ3) is 3.10. The summed E-state index contributed by atoms with van der Waals surface area (Å²) in [5.41, 5.74) is -0.233. The number of benzene rings is 1. The minimum atomic E-state index is -2.98. The number of halogens is 4. The molecule has 0 aliphatic heterocycles. The van der Waals surface area contributed by atoms with Crippen molar-refractivity contribution in [3.8, 4) is 5.75 Å². The van der Waals surface area contributed by atoms with E-state index >= 15 is 0 Å². The summed E-state index contributed by atoms with van der Waals surface area (Å²) in [4.78, 5) is 9.84. The van der Waals surface area contributed by atoms with E-state index in [0.717, 1.165) is 12.1 Å². The summed E-state index contributed by atoms with van der Waals surface area (Å²) in [6, 6.07) is 2.19. The van der Waals surface area contributed by atoms with Crippen molar-refractivity contribution in [3.05, 3.63) is 31.2 Å². The fourth-order valence-electron chi connectivity index (χ4n) is 0.844. The molecule has 0 bridgehead atoms. The van der Waals surface area contributed by atoms with Gasteiger partial charge in [0.15, 0.2) is 0 Å². The number of hydrogen-bond acceptors (Lipinski definition) is 3. The summed E-state index contributed by atoms with van der Waals surface area (Å²) < 4.78 is 28.1. The van der Waals surface area contributed by atoms with Crippen molar-refractivity contribution in [2.24, 2.45) is 0 Å². The monoisotopic (exact) mass is 345 g/mol. The lowest BCUT2D eigenvalue weighted by Gasteiger charge is -2.07. The third-order valence-corrected chi connectivity index (χ3v) is 2.67. The molecule has 8 heteroatoms. The summed E-state index contributed by atoms with van der Waals surface area (Å²) in [5.74, 6) is -0.164. The summed E-state index contributed by atoms with van der Waals surface area (Å²) in [6.45, 7) is -2.98. The van der Waals surface area contributed by atoms with Gasteiger partial charge >= 0.3 is 6.61 Å². The molecule has 0 aromatic heterocycles. The second-order valence-electron chi connectivity index (χ2n) is 2.37. The Hall–Kier alpha value is -0.760. The Bertz CT molecular complexity index is 400. The smallest absolute Gasteiger partial charge is 0.387 e. The van der Waals surface area contributed by atoms with Gasteiger partial charge in [-0.25, -0.2) is 0 Å². The lowest BCUT2D eigenvalue weighted by Crippen LogP contribution is -2.03. The van der Waals surface area contributed by atoms with Gasteiger partial charge in [-0.3, -0.25) is 10.1 Å². The van der Waals surface area contributed by atoms with Gasteiger partial charge in [0.2, 0.25) is 0 Å². The van der Waals surface area contributed by atoms with Crippen molar-refractivity contribution in [2.45, 2.75) is 6.61 Å². The summed E-state index contributed by atoms with van der Waals surface area (Å²) in [7, 11) is 0. The van der Waals surface area contributed by atoms with Gasteiger partial charge in [-0.15, -0.1) is 0 Å². The standard InChI is InChI=1S/C7H3Br2F2NO3/c8-3-2-6(15-7(10)11)4(9)1-5(3)12(13)14/h1-2,7H. The minimum Gasteiger partial charge on any atom is -0.434 e. The molecule has 0 saturated heterocycles. The van der Waals surface area contributed by atoms with Crippen LogP contribution >= 0.6 is 31.9 Å². The molecule has 0 amide bonds. The lowest BCUT2D eigenvalue weighted by atomic mass is 10.3. The number of ether oxygens (including phenoxy) is 1. The fourth-order valence-corrected chi connectivity index (χ4v) is 1.74. The Morgan fingerprint density at radius 1 is 1.33 bits per heavy atom. The van der Waals surface area contributed by atoms with E-state index in [9.17, 15) is 18.9 Å². The van der Waals surface area contributed by atoms with Crippen LogP contribution in [-0.4, -0.2) is 11.5 Å². The van der Waals surface area contributed by atoms with Gasteiger partial charge < -0.3 is 4.74 Å². The van der Waals surface area contributed by atoms with Crippen LogP contribution in [0.3, 0.4) is 0 Å². The second kappa shape index (κ2) is 4.84. The highest BCUT2D eigenvalue weighted by atomic mass is 79.9. The zero-order chi connectivity index (χ0) is 11.6. The molecule has 0 heterocycles. The topological polar surface area (TPSA) is 52.4 Å². The number of hydrogen-bond donors (Lipinski definition) is 0. The highest BCUT2D eigenvalue weighted by Crippen LogP contribution is 2.36. The van der Waals surface area contributed by atoms with Gasteiger partial charge in [0.1, 0.15) is 5.75 Å². The van der Waals surface area contributed by atoms with Gasteiger partial charge in [-0.1, -0.05) is 0 Å². The molecular formula is C7H3Br2F2NO3. The quantitative estimate of drug-likeness (QED) is 0.619. The van der Waals surface area contributed by atoms with E-state index in [1.807, 2.05) is 0 Å². The molecular weight excluding hydrogens is 344 g/mol. The zero-order valence-corrected chi connectivity index (χ0v) is 10.1. The van der Waals surface area contributed by atoms with Crippen LogP contribution in [0, 0.1) is 10.1 Å². The molecule has 0 N–H and O–H groups in total. The summed E-state index contributed by atoms with van der Waals surface area (Å²) >= 11 is 5.78. The molecule has 0 spiro atoms. The first-order chi connectivity index (χ1) is 6.91. The molecule has 0 aliphatic carbocycles. The molecule has 0 aliphatic rings. The average Bonchev–Trinajstić information content (AvgIpc) is 2.09. The molecule has 1 rings (SSSR count). The molecule has 0 atom stereocenters. The van der Waals surface area contributed by atoms with Crippen LogP contribution in [-0.2, 0) is 0 Å². The number of nitro groups is 1. The second-order valence-corrected chi connectivity index (χ2v) is 4.08. The number of rotatable bonds is 3. The van der Waals surface area contributed by atoms with Gasteiger partial charge in [0.25, 0.3) is 5.69 Å². The molecule has 0 fully saturated rings. The van der Waals surface area contributed by atoms with Crippen LogP contribution in [0.5, 0.6) is 5.75 Å². The maximum Gasteiger partial charge on any atom is 0.387 e. The van der Waals surface area contributed by atoms with Gasteiger partial charge in [-0.05, 0) is 31.9 Å². The van der Waals surface area contributed by atoms with Crippen molar-refractivity contribution in [1.29, 1.82) is 0 Å². The predicted molar refractivity (Wildman–Crippen MR) is 55.1 cm³/mol. The highest BCUT2D eigenvalue weighted by Gasteiger charge is 2.17. The van der Waals surface area contributed by atoms with E-state index in [1.54, 1.807) is 0 Å². The van der Waals surface area contributed by atoms with E-state index < -0.39 is 11.5 Å². The normalized spacial score (nSPS) is 10.5. The third-order valence-electron chi connectivity index (χ3n) is 1.41. The minimum absolute atomic E-state index is 0.0753. The Kier molecular flexibility index (Phi) is 3.97.